The van der Waals surface area contributed by atoms with E-state index in [1.807, 2.05) is 36.1 Å². The highest BCUT2D eigenvalue weighted by molar-refractivity contribution is 9.10. The minimum absolute atomic E-state index is 0.0594. The zero-order valence-corrected chi connectivity index (χ0v) is 16.1. The second-order valence-electron chi connectivity index (χ2n) is 6.21. The molecule has 2 heterocycles. The van der Waals surface area contributed by atoms with E-state index in [4.69, 9.17) is 5.26 Å². The molecule has 1 saturated heterocycles. The van der Waals surface area contributed by atoms with Gasteiger partial charge in [-0.15, -0.1) is 0 Å². The van der Waals surface area contributed by atoms with Gasteiger partial charge < -0.3 is 15.1 Å². The number of anilines is 1. The van der Waals surface area contributed by atoms with Gasteiger partial charge in [-0.25, -0.2) is 9.78 Å². The molecule has 0 spiro atoms. The molecule has 1 aromatic heterocycles. The second-order valence-corrected chi connectivity index (χ2v) is 7.13. The van der Waals surface area contributed by atoms with Gasteiger partial charge in [-0.3, -0.25) is 0 Å². The Kier molecular flexibility index (Phi) is 5.74. The number of benzene rings is 1. The van der Waals surface area contributed by atoms with Crippen LogP contribution in [0.15, 0.2) is 47.1 Å². The molecule has 6 nitrogen and oxygen atoms in total. The zero-order valence-electron chi connectivity index (χ0n) is 14.5. The first-order valence-corrected chi connectivity index (χ1v) is 9.28. The molecule has 0 radical (unpaired) electrons. The molecule has 1 atom stereocenters. The number of carbonyl (C=O) groups excluding carboxylic acids is 1. The number of urea groups is 1. The molecule has 0 bridgehead atoms. The number of carbonyl (C=O) groups is 1. The van der Waals surface area contributed by atoms with E-state index in [0.29, 0.717) is 31.7 Å². The summed E-state index contributed by atoms with van der Waals surface area (Å²) >= 11 is 3.46. The molecule has 1 aromatic carbocycles. The lowest BCUT2D eigenvalue weighted by Gasteiger charge is -2.36. The summed E-state index contributed by atoms with van der Waals surface area (Å²) in [5, 5.41) is 12.1. The summed E-state index contributed by atoms with van der Waals surface area (Å²) in [6, 6.07) is 13.4. The molecular weight excluding hydrogens is 394 g/mol. The minimum atomic E-state index is -0.0630. The van der Waals surface area contributed by atoms with Crippen LogP contribution in [0.4, 0.5) is 10.6 Å². The van der Waals surface area contributed by atoms with Crippen LogP contribution in [0.3, 0.4) is 0 Å². The van der Waals surface area contributed by atoms with Gasteiger partial charge >= 0.3 is 6.03 Å². The van der Waals surface area contributed by atoms with Crippen LogP contribution in [-0.4, -0.2) is 42.1 Å². The van der Waals surface area contributed by atoms with Crippen LogP contribution in [-0.2, 0) is 0 Å². The Labute approximate surface area is 161 Å². The smallest absolute Gasteiger partial charge is 0.317 e. The highest BCUT2D eigenvalue weighted by Crippen LogP contribution is 2.19. The molecule has 1 aliphatic rings. The Hall–Kier alpha value is -2.59. The molecule has 1 N–H and O–H groups in total. The van der Waals surface area contributed by atoms with Gasteiger partial charge in [0.15, 0.2) is 0 Å². The Morgan fingerprint density at radius 2 is 2.04 bits per heavy atom. The first-order chi connectivity index (χ1) is 12.6. The molecule has 1 aliphatic heterocycles. The lowest BCUT2D eigenvalue weighted by Crippen LogP contribution is -2.52. The number of piperazine rings is 1. The molecule has 2 amide bonds. The summed E-state index contributed by atoms with van der Waals surface area (Å²) in [5.41, 5.74) is 1.65. The number of aromatic nitrogens is 1. The van der Waals surface area contributed by atoms with Gasteiger partial charge in [-0.1, -0.05) is 28.1 Å². The quantitative estimate of drug-likeness (QED) is 0.837. The number of nitriles is 1. The van der Waals surface area contributed by atoms with E-state index in [-0.39, 0.29) is 12.1 Å². The van der Waals surface area contributed by atoms with E-state index >= 15 is 0 Å². The Morgan fingerprint density at radius 3 is 2.73 bits per heavy atom. The van der Waals surface area contributed by atoms with Crippen LogP contribution >= 0.6 is 15.9 Å². The summed E-state index contributed by atoms with van der Waals surface area (Å²) in [6.07, 6.45) is 1.65. The summed E-state index contributed by atoms with van der Waals surface area (Å²) in [4.78, 5) is 20.8. The number of nitrogens with one attached hydrogen (secondary N) is 1. The fraction of sp³-hybridized carbons (Fsp3) is 0.316. The number of rotatable bonds is 3. The molecule has 26 heavy (non-hydrogen) atoms. The van der Waals surface area contributed by atoms with Crippen LogP contribution in [0.1, 0.15) is 24.1 Å². The van der Waals surface area contributed by atoms with E-state index in [2.05, 4.69) is 37.2 Å². The van der Waals surface area contributed by atoms with Crippen LogP contribution in [0.25, 0.3) is 0 Å². The third-order valence-corrected chi connectivity index (χ3v) is 4.95. The van der Waals surface area contributed by atoms with E-state index in [1.54, 1.807) is 18.3 Å². The van der Waals surface area contributed by atoms with E-state index in [9.17, 15) is 4.79 Å². The van der Waals surface area contributed by atoms with Crippen molar-refractivity contribution in [2.24, 2.45) is 0 Å². The number of halogens is 1. The SMILES string of the molecule is CC(NC(=O)N1CCN(c2cc(C#N)ccn2)CC1)c1cccc(Br)c1. The number of amides is 2. The van der Waals surface area contributed by atoms with E-state index < -0.39 is 0 Å². The fourth-order valence-corrected chi connectivity index (χ4v) is 3.35. The molecule has 7 heteroatoms. The first-order valence-electron chi connectivity index (χ1n) is 8.49. The second kappa shape index (κ2) is 8.19. The Morgan fingerprint density at radius 1 is 1.27 bits per heavy atom. The minimum Gasteiger partial charge on any atom is -0.353 e. The topological polar surface area (TPSA) is 72.3 Å². The Bertz CT molecular complexity index is 827. The van der Waals surface area contributed by atoms with Crippen molar-refractivity contribution in [1.82, 2.24) is 15.2 Å². The number of pyridine rings is 1. The summed E-state index contributed by atoms with van der Waals surface area (Å²) in [6.45, 7) is 4.61. The molecule has 1 fully saturated rings. The predicted molar refractivity (Wildman–Crippen MR) is 104 cm³/mol. The van der Waals surface area contributed by atoms with Gasteiger partial charge in [0.2, 0.25) is 0 Å². The zero-order chi connectivity index (χ0) is 18.5. The van der Waals surface area contributed by atoms with Gasteiger partial charge in [-0.2, -0.15) is 5.26 Å². The standard InChI is InChI=1S/C19H20BrN5O/c1-14(16-3-2-4-17(20)12-16)23-19(26)25-9-7-24(8-10-25)18-11-15(13-21)5-6-22-18/h2-6,11-12,14H,7-10H2,1H3,(H,23,26). The van der Waals surface area contributed by atoms with Gasteiger partial charge in [0.05, 0.1) is 17.7 Å². The van der Waals surface area contributed by atoms with Crippen molar-refractivity contribution < 1.29 is 4.79 Å². The number of hydrogen-bond donors (Lipinski definition) is 1. The fourth-order valence-electron chi connectivity index (χ4n) is 2.94. The number of nitrogens with zero attached hydrogens (tertiary/aromatic N) is 4. The maximum atomic E-state index is 12.5. The lowest BCUT2D eigenvalue weighted by atomic mass is 10.1. The van der Waals surface area contributed by atoms with Crippen LogP contribution in [0, 0.1) is 11.3 Å². The first kappa shape index (κ1) is 18.2. The monoisotopic (exact) mass is 413 g/mol. The van der Waals surface area contributed by atoms with Gasteiger partial charge in [0.1, 0.15) is 5.82 Å². The molecule has 0 aliphatic carbocycles. The highest BCUT2D eigenvalue weighted by Gasteiger charge is 2.23. The average Bonchev–Trinajstić information content (AvgIpc) is 2.68. The third-order valence-electron chi connectivity index (χ3n) is 4.45. The normalized spacial score (nSPS) is 15.3. The van der Waals surface area contributed by atoms with Crippen LogP contribution < -0.4 is 10.2 Å². The van der Waals surface area contributed by atoms with Crippen molar-refractivity contribution in [1.29, 1.82) is 5.26 Å². The van der Waals surface area contributed by atoms with Crippen molar-refractivity contribution >= 4 is 27.8 Å². The van der Waals surface area contributed by atoms with Crippen molar-refractivity contribution in [2.75, 3.05) is 31.1 Å². The van der Waals surface area contributed by atoms with Crippen molar-refractivity contribution in [2.45, 2.75) is 13.0 Å². The summed E-state index contributed by atoms with van der Waals surface area (Å²) < 4.78 is 0.997. The van der Waals surface area contributed by atoms with Gasteiger partial charge in [0.25, 0.3) is 0 Å². The van der Waals surface area contributed by atoms with Crippen LogP contribution in [0.5, 0.6) is 0 Å². The maximum absolute atomic E-state index is 12.5. The molecule has 3 rings (SSSR count). The van der Waals surface area contributed by atoms with E-state index in [0.717, 1.165) is 15.9 Å². The number of hydrogen-bond acceptors (Lipinski definition) is 4. The Balaban J connectivity index is 1.56. The third kappa shape index (κ3) is 4.33. The maximum Gasteiger partial charge on any atom is 0.317 e. The van der Waals surface area contributed by atoms with Gasteiger partial charge in [0, 0.05) is 36.8 Å². The van der Waals surface area contributed by atoms with E-state index in [1.165, 1.54) is 0 Å². The molecule has 1 unspecified atom stereocenters. The molecule has 0 saturated carbocycles. The lowest BCUT2D eigenvalue weighted by molar-refractivity contribution is 0.191. The molecule has 2 aromatic rings. The highest BCUT2D eigenvalue weighted by atomic mass is 79.9. The largest absolute Gasteiger partial charge is 0.353 e. The van der Waals surface area contributed by atoms with Crippen molar-refractivity contribution in [3.8, 4) is 6.07 Å². The molecule has 134 valence electrons. The van der Waals surface area contributed by atoms with Crippen LogP contribution in [0.2, 0.25) is 0 Å². The molecular formula is C19H20BrN5O. The van der Waals surface area contributed by atoms with Gasteiger partial charge in [-0.05, 0) is 36.8 Å². The summed E-state index contributed by atoms with van der Waals surface area (Å²) in [5.74, 6) is 0.784. The predicted octanol–water partition coefficient (Wildman–Crippen LogP) is 3.31. The summed E-state index contributed by atoms with van der Waals surface area (Å²) in [7, 11) is 0. The van der Waals surface area contributed by atoms with Crippen molar-refractivity contribution in [3.05, 3.63) is 58.2 Å². The average molecular weight is 414 g/mol. The van der Waals surface area contributed by atoms with Crippen molar-refractivity contribution in [3.63, 3.8) is 0 Å².